The number of halogens is 6. The number of anilines is 1. The van der Waals surface area contributed by atoms with Crippen LogP contribution in [0.5, 0.6) is 0 Å². The second-order valence-corrected chi connectivity index (χ2v) is 10.7. The van der Waals surface area contributed by atoms with Crippen molar-refractivity contribution < 1.29 is 27.5 Å². The quantitative estimate of drug-likeness (QED) is 0.306. The van der Waals surface area contributed by atoms with Crippen molar-refractivity contribution in [2.24, 2.45) is 5.92 Å². The number of furan rings is 1. The van der Waals surface area contributed by atoms with Crippen molar-refractivity contribution in [1.29, 1.82) is 0 Å². The van der Waals surface area contributed by atoms with Crippen molar-refractivity contribution in [3.05, 3.63) is 75.5 Å². The molecule has 0 saturated heterocycles. The highest BCUT2D eigenvalue weighted by Gasteiger charge is 2.57. The summed E-state index contributed by atoms with van der Waals surface area (Å²) in [5, 5.41) is 12.1. The Bertz CT molecular complexity index is 1360. The molecule has 1 aliphatic carbocycles. The lowest BCUT2D eigenvalue weighted by Crippen LogP contribution is -2.50. The highest BCUT2D eigenvalue weighted by molar-refractivity contribution is 6.35. The monoisotopic (exact) mass is 602 g/mol. The molecular formula is C28H28Cl3F3N2O3. The van der Waals surface area contributed by atoms with Gasteiger partial charge in [0.25, 0.3) is 5.91 Å². The second-order valence-electron chi connectivity index (χ2n) is 9.86. The Morgan fingerprint density at radius 3 is 2.38 bits per heavy atom. The topological polar surface area (TPSA) is 56.9 Å². The van der Waals surface area contributed by atoms with E-state index in [0.717, 1.165) is 32.0 Å². The average molecular weight is 604 g/mol. The number of nitrogens with zero attached hydrogens (tertiary/aromatic N) is 2. The maximum absolute atomic E-state index is 14.6. The third-order valence-corrected chi connectivity index (χ3v) is 8.28. The summed E-state index contributed by atoms with van der Waals surface area (Å²) in [6.07, 6.45) is -1.89. The minimum absolute atomic E-state index is 0. The first-order valence-corrected chi connectivity index (χ1v) is 13.3. The Labute approximate surface area is 240 Å². The van der Waals surface area contributed by atoms with E-state index < -0.39 is 28.8 Å². The van der Waals surface area contributed by atoms with Crippen molar-refractivity contribution in [2.75, 3.05) is 24.5 Å². The molecule has 3 aromatic rings. The van der Waals surface area contributed by atoms with E-state index in [1.807, 2.05) is 0 Å². The lowest BCUT2D eigenvalue weighted by molar-refractivity contribution is -0.142. The first-order chi connectivity index (χ1) is 18.0. The molecule has 1 unspecified atom stereocenters. The van der Waals surface area contributed by atoms with Crippen LogP contribution in [-0.2, 0) is 16.6 Å². The van der Waals surface area contributed by atoms with Gasteiger partial charge in [0.05, 0.1) is 17.5 Å². The first-order valence-electron chi connectivity index (χ1n) is 12.5. The zero-order valence-electron chi connectivity index (χ0n) is 21.3. The highest BCUT2D eigenvalue weighted by atomic mass is 35.5. The number of hydrogen-bond donors (Lipinski definition) is 1. The van der Waals surface area contributed by atoms with E-state index in [-0.39, 0.29) is 57.5 Å². The molecule has 210 valence electrons. The SMILES string of the molecule is CCN(CC)[C@H]1C[C@H](CN2C(=O)C(O)(c3ccc(Cl)cc3Cl)c3c2cc(-c2ccco2)cc3C(F)(F)F)C1.Cl. The van der Waals surface area contributed by atoms with Crippen LogP contribution in [0.15, 0.2) is 53.1 Å². The molecule has 2 aliphatic rings. The third kappa shape index (κ3) is 5.06. The number of carbonyl (C=O) groups excluding carboxylic acids is 1. The van der Waals surface area contributed by atoms with Crippen LogP contribution in [-0.4, -0.2) is 41.6 Å². The van der Waals surface area contributed by atoms with Gasteiger partial charge < -0.3 is 19.3 Å². The summed E-state index contributed by atoms with van der Waals surface area (Å²) in [7, 11) is 0. The van der Waals surface area contributed by atoms with E-state index >= 15 is 0 Å². The van der Waals surface area contributed by atoms with Gasteiger partial charge in [-0.2, -0.15) is 13.2 Å². The molecule has 2 aromatic carbocycles. The molecule has 0 radical (unpaired) electrons. The van der Waals surface area contributed by atoms with Gasteiger partial charge in [-0.15, -0.1) is 12.4 Å². The van der Waals surface area contributed by atoms with E-state index in [4.69, 9.17) is 27.6 Å². The Morgan fingerprint density at radius 2 is 1.82 bits per heavy atom. The smallest absolute Gasteiger partial charge is 0.416 e. The number of hydrogen-bond acceptors (Lipinski definition) is 4. The van der Waals surface area contributed by atoms with Gasteiger partial charge in [0.2, 0.25) is 0 Å². The summed E-state index contributed by atoms with van der Waals surface area (Å²) in [5.41, 5.74) is -4.31. The first kappa shape index (κ1) is 29.7. The third-order valence-electron chi connectivity index (χ3n) is 7.74. The molecular weight excluding hydrogens is 576 g/mol. The van der Waals surface area contributed by atoms with E-state index in [1.165, 1.54) is 35.4 Å². The summed E-state index contributed by atoms with van der Waals surface area (Å²) in [6, 6.07) is 9.86. The molecule has 0 spiro atoms. The predicted molar refractivity (Wildman–Crippen MR) is 148 cm³/mol. The molecule has 5 rings (SSSR count). The molecule has 1 saturated carbocycles. The number of benzene rings is 2. The maximum Gasteiger partial charge on any atom is 0.416 e. The summed E-state index contributed by atoms with van der Waals surface area (Å²) < 4.78 is 49.1. The second kappa shape index (κ2) is 11.0. The molecule has 39 heavy (non-hydrogen) atoms. The van der Waals surface area contributed by atoms with Crippen LogP contribution in [0, 0.1) is 5.92 Å². The number of rotatable bonds is 7. The molecule has 1 aromatic heterocycles. The van der Waals surface area contributed by atoms with Gasteiger partial charge >= 0.3 is 6.18 Å². The number of carbonyl (C=O) groups is 1. The molecule has 1 N–H and O–H groups in total. The number of fused-ring (bicyclic) bond motifs is 1. The minimum atomic E-state index is -4.87. The van der Waals surface area contributed by atoms with Crippen LogP contribution >= 0.6 is 35.6 Å². The summed E-state index contributed by atoms with van der Waals surface area (Å²) >= 11 is 12.4. The van der Waals surface area contributed by atoms with Crippen LogP contribution in [0.1, 0.15) is 43.4 Å². The Kier molecular flexibility index (Phi) is 8.37. The maximum atomic E-state index is 14.6. The lowest BCUT2D eigenvalue weighted by Gasteiger charge is -2.43. The molecule has 1 amide bonds. The standard InChI is InChI=1S/C28H27Cl2F3N2O3.ClH/c1-3-34(4-2)19-10-16(11-19)15-35-23-13-17(24-6-5-9-38-24)12-21(28(31,32)33)25(23)27(37,26(35)36)20-8-7-18(29)14-22(20)30;/h5-9,12-14,16,19,37H,3-4,10-11,15H2,1-2H3;1H/t16-,19-,27?;. The van der Waals surface area contributed by atoms with Crippen molar-refractivity contribution in [3.63, 3.8) is 0 Å². The van der Waals surface area contributed by atoms with Gasteiger partial charge in [0, 0.05) is 39.3 Å². The van der Waals surface area contributed by atoms with Gasteiger partial charge in [-0.25, -0.2) is 0 Å². The zero-order valence-corrected chi connectivity index (χ0v) is 23.6. The molecule has 0 bridgehead atoms. The van der Waals surface area contributed by atoms with Gasteiger partial charge in [-0.3, -0.25) is 4.79 Å². The molecule has 1 atom stereocenters. The number of aliphatic hydroxyl groups is 1. The average Bonchev–Trinajstić information content (AvgIpc) is 3.44. The largest absolute Gasteiger partial charge is 0.464 e. The Balaban J connectivity index is 0.00000353. The van der Waals surface area contributed by atoms with Crippen molar-refractivity contribution in [2.45, 2.75) is 44.5 Å². The van der Waals surface area contributed by atoms with Crippen molar-refractivity contribution in [3.8, 4) is 11.3 Å². The zero-order chi connectivity index (χ0) is 27.4. The highest BCUT2D eigenvalue weighted by Crippen LogP contribution is 2.53. The Morgan fingerprint density at radius 1 is 1.13 bits per heavy atom. The van der Waals surface area contributed by atoms with Crippen LogP contribution < -0.4 is 4.90 Å². The predicted octanol–water partition coefficient (Wildman–Crippen LogP) is 7.40. The van der Waals surface area contributed by atoms with Crippen LogP contribution in [0.3, 0.4) is 0 Å². The van der Waals surface area contributed by atoms with Crippen LogP contribution in [0.2, 0.25) is 10.0 Å². The summed E-state index contributed by atoms with van der Waals surface area (Å²) in [5.74, 6) is -0.581. The number of alkyl halides is 3. The molecule has 11 heteroatoms. The fourth-order valence-electron chi connectivity index (χ4n) is 5.80. The Hall–Kier alpha value is -2.23. The van der Waals surface area contributed by atoms with Crippen molar-refractivity contribution in [1.82, 2.24) is 4.90 Å². The molecule has 2 heterocycles. The van der Waals surface area contributed by atoms with Crippen LogP contribution in [0.4, 0.5) is 18.9 Å². The van der Waals surface area contributed by atoms with E-state index in [0.29, 0.717) is 6.04 Å². The lowest BCUT2D eigenvalue weighted by atomic mass is 9.78. The van der Waals surface area contributed by atoms with Gasteiger partial charge in [0.15, 0.2) is 5.60 Å². The fraction of sp³-hybridized carbons (Fsp3) is 0.393. The fourth-order valence-corrected chi connectivity index (χ4v) is 6.35. The van der Waals surface area contributed by atoms with E-state index in [1.54, 1.807) is 12.1 Å². The molecule has 1 aliphatic heterocycles. The van der Waals surface area contributed by atoms with Gasteiger partial charge in [-0.1, -0.05) is 43.1 Å². The summed E-state index contributed by atoms with van der Waals surface area (Å²) in [4.78, 5) is 17.6. The normalized spacial score (nSPS) is 22.6. The number of amides is 1. The van der Waals surface area contributed by atoms with Crippen molar-refractivity contribution >= 4 is 47.2 Å². The van der Waals surface area contributed by atoms with E-state index in [2.05, 4.69) is 18.7 Å². The molecule has 1 fully saturated rings. The van der Waals surface area contributed by atoms with E-state index in [9.17, 15) is 23.1 Å². The van der Waals surface area contributed by atoms with Gasteiger partial charge in [0.1, 0.15) is 5.76 Å². The summed E-state index contributed by atoms with van der Waals surface area (Å²) in [6.45, 7) is 6.14. The minimum Gasteiger partial charge on any atom is -0.464 e. The van der Waals surface area contributed by atoms with Gasteiger partial charge in [-0.05, 0) is 68.2 Å². The molecule has 5 nitrogen and oxygen atoms in total. The van der Waals surface area contributed by atoms with Crippen LogP contribution in [0.25, 0.3) is 11.3 Å².